The zero-order valence-corrected chi connectivity index (χ0v) is 15.0. The number of rotatable bonds is 4. The predicted molar refractivity (Wildman–Crippen MR) is 95.9 cm³/mol. The number of nitrogens with one attached hydrogen (secondary N) is 2. The van der Waals surface area contributed by atoms with Crippen molar-refractivity contribution in [3.63, 3.8) is 0 Å². The topological polar surface area (TPSA) is 95.9 Å². The molecule has 0 aliphatic carbocycles. The highest BCUT2D eigenvalue weighted by Crippen LogP contribution is 2.25. The molecule has 0 saturated carbocycles. The lowest BCUT2D eigenvalue weighted by Crippen LogP contribution is -2.29. The number of hydrogen-bond acceptors (Lipinski definition) is 7. The lowest BCUT2D eigenvalue weighted by Gasteiger charge is -2.21. The monoisotopic (exact) mass is 341 g/mol. The molecule has 2 aromatic heterocycles. The van der Waals surface area contributed by atoms with E-state index >= 15 is 0 Å². The van der Waals surface area contributed by atoms with Crippen molar-refractivity contribution in [1.29, 1.82) is 0 Å². The van der Waals surface area contributed by atoms with E-state index in [1.807, 2.05) is 20.8 Å². The second-order valence-corrected chi connectivity index (χ2v) is 6.23. The Morgan fingerprint density at radius 2 is 1.92 bits per heavy atom. The molecule has 0 unspecified atom stereocenters. The highest BCUT2D eigenvalue weighted by Gasteiger charge is 2.27. The fourth-order valence-electron chi connectivity index (χ4n) is 2.95. The van der Waals surface area contributed by atoms with Gasteiger partial charge in [-0.25, -0.2) is 15.0 Å². The summed E-state index contributed by atoms with van der Waals surface area (Å²) in [7, 11) is 1.58. The normalized spacial score (nSPS) is 16.8. The number of aryl methyl sites for hydroxylation is 2. The quantitative estimate of drug-likeness (QED) is 0.864. The van der Waals surface area contributed by atoms with Gasteiger partial charge in [0.15, 0.2) is 0 Å². The molecular weight excluding hydrogens is 318 g/mol. The third kappa shape index (κ3) is 3.52. The molecule has 1 amide bonds. The maximum Gasteiger partial charge on any atom is 0.288 e. The number of hydrogen-bond donors (Lipinski definition) is 2. The van der Waals surface area contributed by atoms with Crippen LogP contribution in [0.5, 0.6) is 0 Å². The van der Waals surface area contributed by atoms with Gasteiger partial charge < -0.3 is 15.5 Å². The second kappa shape index (κ2) is 7.00. The SMILES string of the molecule is CNC(=O)c1nc(C)c(C)c(N2CC[C@@H](Nc3nccnc3C)C2)n1. The van der Waals surface area contributed by atoms with Crippen LogP contribution in [-0.4, -0.2) is 52.0 Å². The number of aromatic nitrogens is 4. The van der Waals surface area contributed by atoms with Gasteiger partial charge in [-0.15, -0.1) is 0 Å². The van der Waals surface area contributed by atoms with Crippen LogP contribution < -0.4 is 15.5 Å². The summed E-state index contributed by atoms with van der Waals surface area (Å²) >= 11 is 0. The number of nitrogens with zero attached hydrogens (tertiary/aromatic N) is 5. The van der Waals surface area contributed by atoms with Gasteiger partial charge in [-0.05, 0) is 27.2 Å². The van der Waals surface area contributed by atoms with E-state index in [0.29, 0.717) is 0 Å². The first kappa shape index (κ1) is 17.1. The van der Waals surface area contributed by atoms with Gasteiger partial charge in [0.1, 0.15) is 11.6 Å². The number of carbonyl (C=O) groups excluding carboxylic acids is 1. The van der Waals surface area contributed by atoms with E-state index in [9.17, 15) is 4.79 Å². The number of amides is 1. The van der Waals surface area contributed by atoms with Gasteiger partial charge in [-0.1, -0.05) is 0 Å². The van der Waals surface area contributed by atoms with E-state index in [0.717, 1.165) is 48.1 Å². The van der Waals surface area contributed by atoms with Crippen molar-refractivity contribution in [1.82, 2.24) is 25.3 Å². The summed E-state index contributed by atoms with van der Waals surface area (Å²) in [6.07, 6.45) is 4.35. The fraction of sp³-hybridized carbons (Fsp3) is 0.471. The first-order valence-electron chi connectivity index (χ1n) is 8.36. The summed E-state index contributed by atoms with van der Waals surface area (Å²) in [4.78, 5) is 31.5. The van der Waals surface area contributed by atoms with Crippen LogP contribution in [0, 0.1) is 20.8 Å². The van der Waals surface area contributed by atoms with Gasteiger partial charge in [-0.2, -0.15) is 0 Å². The Morgan fingerprint density at radius 1 is 1.16 bits per heavy atom. The fourth-order valence-corrected chi connectivity index (χ4v) is 2.95. The minimum Gasteiger partial charge on any atom is -0.364 e. The molecule has 8 heteroatoms. The highest BCUT2D eigenvalue weighted by atomic mass is 16.2. The summed E-state index contributed by atoms with van der Waals surface area (Å²) < 4.78 is 0. The molecule has 0 bridgehead atoms. The van der Waals surface area contributed by atoms with E-state index in [1.54, 1.807) is 19.4 Å². The first-order valence-corrected chi connectivity index (χ1v) is 8.36. The van der Waals surface area contributed by atoms with Crippen LogP contribution in [0.25, 0.3) is 0 Å². The third-order valence-electron chi connectivity index (χ3n) is 4.50. The van der Waals surface area contributed by atoms with Crippen molar-refractivity contribution in [2.45, 2.75) is 33.2 Å². The summed E-state index contributed by atoms with van der Waals surface area (Å²) in [5.74, 6) is 1.58. The van der Waals surface area contributed by atoms with Crippen molar-refractivity contribution in [2.24, 2.45) is 0 Å². The van der Waals surface area contributed by atoms with Gasteiger partial charge in [0.2, 0.25) is 5.82 Å². The third-order valence-corrected chi connectivity index (χ3v) is 4.50. The van der Waals surface area contributed by atoms with Gasteiger partial charge in [0.25, 0.3) is 5.91 Å². The summed E-state index contributed by atoms with van der Waals surface area (Å²) in [6.45, 7) is 7.49. The molecule has 0 spiro atoms. The van der Waals surface area contributed by atoms with Crippen LogP contribution in [0.4, 0.5) is 11.6 Å². The Bertz CT molecular complexity index is 793. The molecular formula is C17H23N7O. The van der Waals surface area contributed by atoms with Crippen molar-refractivity contribution in [2.75, 3.05) is 30.4 Å². The molecule has 25 heavy (non-hydrogen) atoms. The van der Waals surface area contributed by atoms with E-state index in [1.165, 1.54) is 0 Å². The van der Waals surface area contributed by atoms with E-state index < -0.39 is 0 Å². The molecule has 1 saturated heterocycles. The Hall–Kier alpha value is -2.77. The lowest BCUT2D eigenvalue weighted by molar-refractivity contribution is 0.0952. The predicted octanol–water partition coefficient (Wildman–Crippen LogP) is 1.24. The molecule has 3 rings (SSSR count). The first-order chi connectivity index (χ1) is 12.0. The van der Waals surface area contributed by atoms with Gasteiger partial charge in [0, 0.05) is 49.8 Å². The summed E-state index contributed by atoms with van der Waals surface area (Å²) in [5, 5.41) is 6.04. The van der Waals surface area contributed by atoms with Crippen molar-refractivity contribution >= 4 is 17.5 Å². The van der Waals surface area contributed by atoms with Crippen molar-refractivity contribution in [3.8, 4) is 0 Å². The number of carbonyl (C=O) groups is 1. The minimum atomic E-state index is -0.270. The van der Waals surface area contributed by atoms with Crippen LogP contribution in [0.1, 0.15) is 34.0 Å². The van der Waals surface area contributed by atoms with Crippen LogP contribution >= 0.6 is 0 Å². The van der Waals surface area contributed by atoms with E-state index in [-0.39, 0.29) is 17.8 Å². The zero-order chi connectivity index (χ0) is 18.0. The Labute approximate surface area is 147 Å². The molecule has 3 heterocycles. The number of anilines is 2. The molecule has 132 valence electrons. The van der Waals surface area contributed by atoms with Gasteiger partial charge in [0.05, 0.1) is 5.69 Å². The van der Waals surface area contributed by atoms with Crippen LogP contribution in [0.15, 0.2) is 12.4 Å². The van der Waals surface area contributed by atoms with Crippen molar-refractivity contribution in [3.05, 3.63) is 35.2 Å². The smallest absolute Gasteiger partial charge is 0.288 e. The highest BCUT2D eigenvalue weighted by molar-refractivity contribution is 5.90. The maximum atomic E-state index is 11.9. The molecule has 1 atom stereocenters. The Morgan fingerprint density at radius 3 is 2.64 bits per heavy atom. The van der Waals surface area contributed by atoms with E-state index in [2.05, 4.69) is 35.5 Å². The van der Waals surface area contributed by atoms with Crippen molar-refractivity contribution < 1.29 is 4.79 Å². The summed E-state index contributed by atoms with van der Waals surface area (Å²) in [6, 6.07) is 0.258. The Balaban J connectivity index is 1.79. The Kier molecular flexibility index (Phi) is 4.78. The van der Waals surface area contributed by atoms with Crippen LogP contribution in [0.2, 0.25) is 0 Å². The maximum absolute atomic E-state index is 11.9. The summed E-state index contributed by atoms with van der Waals surface area (Å²) in [5.41, 5.74) is 2.71. The molecule has 1 fully saturated rings. The molecule has 0 radical (unpaired) electrons. The lowest BCUT2D eigenvalue weighted by atomic mass is 10.2. The average molecular weight is 341 g/mol. The van der Waals surface area contributed by atoms with E-state index in [4.69, 9.17) is 0 Å². The molecule has 0 aromatic carbocycles. The second-order valence-electron chi connectivity index (χ2n) is 6.23. The average Bonchev–Trinajstić information content (AvgIpc) is 3.07. The standard InChI is InChI=1S/C17H23N7O/c1-10-11(2)21-15(17(25)18-4)23-16(10)24-8-5-13(9-24)22-14-12(3)19-6-7-20-14/h6-7,13H,5,8-9H2,1-4H3,(H,18,25)(H,20,22)/t13-/m1/s1. The largest absolute Gasteiger partial charge is 0.364 e. The molecule has 8 nitrogen and oxygen atoms in total. The molecule has 1 aliphatic rings. The van der Waals surface area contributed by atoms with Crippen LogP contribution in [-0.2, 0) is 0 Å². The minimum absolute atomic E-state index is 0.210. The molecule has 1 aliphatic heterocycles. The zero-order valence-electron chi connectivity index (χ0n) is 15.0. The van der Waals surface area contributed by atoms with Crippen LogP contribution in [0.3, 0.4) is 0 Å². The van der Waals surface area contributed by atoms with Gasteiger partial charge in [-0.3, -0.25) is 9.78 Å². The van der Waals surface area contributed by atoms with Gasteiger partial charge >= 0.3 is 0 Å². The molecule has 2 aromatic rings. The molecule has 2 N–H and O–H groups in total.